The van der Waals surface area contributed by atoms with E-state index in [1.165, 1.54) is 4.90 Å². The number of nitrogens with zero attached hydrogens (tertiary/aromatic N) is 1. The van der Waals surface area contributed by atoms with Crippen LogP contribution in [0.1, 0.15) is 25.0 Å². The highest BCUT2D eigenvalue weighted by Gasteiger charge is 2.40. The lowest BCUT2D eigenvalue weighted by Crippen LogP contribution is -2.32. The molecule has 1 heterocycles. The molecular weight excluding hydrogens is 416 g/mol. The molecule has 1 N–H and O–H groups in total. The predicted octanol–water partition coefficient (Wildman–Crippen LogP) is 5.19. The van der Waals surface area contributed by atoms with E-state index in [1.807, 2.05) is 69.3 Å². The molecule has 168 valence electrons. The lowest BCUT2D eigenvalue weighted by molar-refractivity contribution is -0.120. The van der Waals surface area contributed by atoms with Crippen LogP contribution in [0.15, 0.2) is 78.5 Å². The topological polar surface area (TPSA) is 67.9 Å². The molecule has 0 saturated carbocycles. The average molecular weight is 443 g/mol. The summed E-state index contributed by atoms with van der Waals surface area (Å²) in [6.07, 6.45) is 0.0603. The number of aryl methyl sites for hydroxylation is 1. The number of methoxy groups -OCH3 is 1. The number of hydrogen-bond donors (Lipinski definition) is 1. The molecule has 3 aromatic carbocycles. The van der Waals surface area contributed by atoms with Crippen LogP contribution in [0.2, 0.25) is 0 Å². The van der Waals surface area contributed by atoms with E-state index in [0.29, 0.717) is 28.3 Å². The molecule has 0 atom stereocenters. The molecule has 0 unspecified atom stereocenters. The van der Waals surface area contributed by atoms with E-state index < -0.39 is 5.91 Å². The normalized spacial score (nSPS) is 13.7. The van der Waals surface area contributed by atoms with Crippen molar-refractivity contribution in [2.75, 3.05) is 17.3 Å². The fourth-order valence-corrected chi connectivity index (χ4v) is 3.65. The molecule has 6 heteroatoms. The van der Waals surface area contributed by atoms with Gasteiger partial charge in [0.25, 0.3) is 11.8 Å². The van der Waals surface area contributed by atoms with E-state index in [9.17, 15) is 9.59 Å². The zero-order valence-corrected chi connectivity index (χ0v) is 19.1. The molecule has 0 aliphatic carbocycles. The molecule has 0 bridgehead atoms. The number of anilines is 2. The molecule has 1 aliphatic heterocycles. The molecule has 0 radical (unpaired) electrons. The van der Waals surface area contributed by atoms with Crippen LogP contribution in [0, 0.1) is 6.92 Å². The second-order valence-corrected chi connectivity index (χ2v) is 8.08. The largest absolute Gasteiger partial charge is 0.497 e. The third-order valence-corrected chi connectivity index (χ3v) is 5.23. The van der Waals surface area contributed by atoms with Gasteiger partial charge in [0.15, 0.2) is 0 Å². The van der Waals surface area contributed by atoms with Crippen molar-refractivity contribution >= 4 is 28.8 Å². The van der Waals surface area contributed by atoms with Crippen molar-refractivity contribution in [2.45, 2.75) is 26.9 Å². The fraction of sp³-hybridized carbons (Fsp3) is 0.185. The molecule has 6 nitrogen and oxygen atoms in total. The van der Waals surface area contributed by atoms with Crippen LogP contribution in [0.25, 0.3) is 5.57 Å². The maximum absolute atomic E-state index is 13.5. The third kappa shape index (κ3) is 4.60. The Bertz CT molecular complexity index is 1210. The van der Waals surface area contributed by atoms with Gasteiger partial charge in [0.05, 0.1) is 24.5 Å². The molecular formula is C27H26N2O4. The Morgan fingerprint density at radius 1 is 0.848 bits per heavy atom. The minimum absolute atomic E-state index is 0.0603. The second kappa shape index (κ2) is 9.20. The van der Waals surface area contributed by atoms with Gasteiger partial charge in [0.2, 0.25) is 0 Å². The molecule has 3 aromatic rings. The smallest absolute Gasteiger partial charge is 0.282 e. The molecule has 33 heavy (non-hydrogen) atoms. The predicted molar refractivity (Wildman–Crippen MR) is 129 cm³/mol. The maximum Gasteiger partial charge on any atom is 0.282 e. The van der Waals surface area contributed by atoms with Gasteiger partial charge in [-0.05, 0) is 62.7 Å². The number of amides is 2. The highest BCUT2D eigenvalue weighted by Crippen LogP contribution is 2.35. The van der Waals surface area contributed by atoms with E-state index >= 15 is 0 Å². The van der Waals surface area contributed by atoms with Crippen LogP contribution >= 0.6 is 0 Å². The van der Waals surface area contributed by atoms with Crippen molar-refractivity contribution in [3.8, 4) is 11.5 Å². The summed E-state index contributed by atoms with van der Waals surface area (Å²) < 4.78 is 11.0. The number of carbonyl (C=O) groups excluding carboxylic acids is 2. The lowest BCUT2D eigenvalue weighted by Gasteiger charge is -2.16. The van der Waals surface area contributed by atoms with E-state index in [0.717, 1.165) is 11.3 Å². The summed E-state index contributed by atoms with van der Waals surface area (Å²) in [5, 5.41) is 3.17. The molecule has 0 fully saturated rings. The van der Waals surface area contributed by atoms with Gasteiger partial charge >= 0.3 is 0 Å². The standard InChI is InChI=1S/C27H26N2O4/c1-17(2)33-22-14-12-20(13-15-22)28-25-24(19-10-8-18(3)9-11-19)26(30)29(27(25)31)21-6-5-7-23(16-21)32-4/h5-17,28H,1-4H3. The van der Waals surface area contributed by atoms with Gasteiger partial charge in [-0.25, -0.2) is 4.90 Å². The molecule has 2 amide bonds. The first kappa shape index (κ1) is 22.1. The van der Waals surface area contributed by atoms with Gasteiger partial charge in [-0.1, -0.05) is 35.9 Å². The van der Waals surface area contributed by atoms with Gasteiger partial charge in [0, 0.05) is 11.8 Å². The quantitative estimate of drug-likeness (QED) is 0.510. The Morgan fingerprint density at radius 3 is 2.18 bits per heavy atom. The van der Waals surface area contributed by atoms with Crippen molar-refractivity contribution in [3.63, 3.8) is 0 Å². The Kier molecular flexibility index (Phi) is 6.18. The Hall–Kier alpha value is -4.06. The average Bonchev–Trinajstić information content (AvgIpc) is 3.04. The minimum atomic E-state index is -0.425. The van der Waals surface area contributed by atoms with Gasteiger partial charge in [-0.15, -0.1) is 0 Å². The maximum atomic E-state index is 13.5. The first-order valence-corrected chi connectivity index (χ1v) is 10.8. The van der Waals surface area contributed by atoms with Crippen LogP contribution in [-0.2, 0) is 9.59 Å². The molecule has 1 aliphatic rings. The number of imide groups is 1. The van der Waals surface area contributed by atoms with E-state index in [-0.39, 0.29) is 17.7 Å². The number of nitrogens with one attached hydrogen (secondary N) is 1. The lowest BCUT2D eigenvalue weighted by atomic mass is 10.0. The summed E-state index contributed by atoms with van der Waals surface area (Å²) in [7, 11) is 1.54. The zero-order valence-electron chi connectivity index (χ0n) is 19.1. The van der Waals surface area contributed by atoms with Crippen LogP contribution in [-0.4, -0.2) is 25.0 Å². The van der Waals surface area contributed by atoms with Crippen molar-refractivity contribution < 1.29 is 19.1 Å². The summed E-state index contributed by atoms with van der Waals surface area (Å²) in [4.78, 5) is 28.2. The third-order valence-electron chi connectivity index (χ3n) is 5.23. The summed E-state index contributed by atoms with van der Waals surface area (Å²) in [6.45, 7) is 5.89. The first-order valence-electron chi connectivity index (χ1n) is 10.8. The SMILES string of the molecule is COc1cccc(N2C(=O)C(Nc3ccc(OC(C)C)cc3)=C(c3ccc(C)cc3)C2=O)c1. The highest BCUT2D eigenvalue weighted by molar-refractivity contribution is 6.46. The first-order chi connectivity index (χ1) is 15.9. The molecule has 4 rings (SSSR count). The molecule has 0 aromatic heterocycles. The van der Waals surface area contributed by atoms with Gasteiger partial charge in [0.1, 0.15) is 17.2 Å². The fourth-order valence-electron chi connectivity index (χ4n) is 3.65. The van der Waals surface area contributed by atoms with Crippen LogP contribution in [0.3, 0.4) is 0 Å². The number of hydrogen-bond acceptors (Lipinski definition) is 5. The van der Waals surface area contributed by atoms with Gasteiger partial charge in [-0.3, -0.25) is 9.59 Å². The highest BCUT2D eigenvalue weighted by atomic mass is 16.5. The van der Waals surface area contributed by atoms with E-state index in [2.05, 4.69) is 5.32 Å². The van der Waals surface area contributed by atoms with Crippen LogP contribution < -0.4 is 19.7 Å². The van der Waals surface area contributed by atoms with E-state index in [4.69, 9.17) is 9.47 Å². The monoisotopic (exact) mass is 442 g/mol. The van der Waals surface area contributed by atoms with Gasteiger partial charge < -0.3 is 14.8 Å². The number of carbonyl (C=O) groups is 2. The van der Waals surface area contributed by atoms with Crippen LogP contribution in [0.4, 0.5) is 11.4 Å². The van der Waals surface area contributed by atoms with E-state index in [1.54, 1.807) is 31.4 Å². The summed E-state index contributed by atoms with van der Waals surface area (Å²) >= 11 is 0. The van der Waals surface area contributed by atoms with Crippen molar-refractivity contribution in [3.05, 3.63) is 89.6 Å². The summed E-state index contributed by atoms with van der Waals surface area (Å²) in [5.74, 6) is 0.480. The second-order valence-electron chi connectivity index (χ2n) is 8.08. The van der Waals surface area contributed by atoms with Crippen molar-refractivity contribution in [2.24, 2.45) is 0 Å². The summed E-state index contributed by atoms with van der Waals surface area (Å²) in [6, 6.07) is 21.8. The van der Waals surface area contributed by atoms with Crippen molar-refractivity contribution in [1.29, 1.82) is 0 Å². The number of rotatable bonds is 7. The molecule has 0 saturated heterocycles. The Labute approximate surface area is 193 Å². The number of benzene rings is 3. The number of ether oxygens (including phenoxy) is 2. The minimum Gasteiger partial charge on any atom is -0.497 e. The Morgan fingerprint density at radius 2 is 1.55 bits per heavy atom. The Balaban J connectivity index is 1.74. The van der Waals surface area contributed by atoms with Crippen molar-refractivity contribution in [1.82, 2.24) is 0 Å². The van der Waals surface area contributed by atoms with Crippen LogP contribution in [0.5, 0.6) is 11.5 Å². The van der Waals surface area contributed by atoms with Gasteiger partial charge in [-0.2, -0.15) is 0 Å². The zero-order chi connectivity index (χ0) is 23.5. The molecule has 0 spiro atoms. The summed E-state index contributed by atoms with van der Waals surface area (Å²) in [5.41, 5.74) is 3.42.